The zero-order valence-electron chi connectivity index (χ0n) is 7.93. The van der Waals surface area contributed by atoms with Gasteiger partial charge in [0.05, 0.1) is 5.54 Å². The molecule has 72 valence electrons. The van der Waals surface area contributed by atoms with Crippen LogP contribution in [0.15, 0.2) is 54.6 Å². The van der Waals surface area contributed by atoms with Crippen LogP contribution in [0.25, 0.3) is 0 Å². The van der Waals surface area contributed by atoms with Crippen LogP contribution >= 0.6 is 0 Å². The molecule has 0 aromatic heterocycles. The molecule has 1 aromatic carbocycles. The molecule has 0 fully saturated rings. The summed E-state index contributed by atoms with van der Waals surface area (Å²) in [5.74, 6) is 0. The molecule has 0 spiro atoms. The van der Waals surface area contributed by atoms with Crippen LogP contribution in [0, 0.1) is 0 Å². The van der Waals surface area contributed by atoms with Crippen LogP contribution in [0.2, 0.25) is 0 Å². The van der Waals surface area contributed by atoms with Crippen LogP contribution < -0.4 is 11.5 Å². The molecule has 0 aliphatic heterocycles. The van der Waals surface area contributed by atoms with E-state index in [0.29, 0.717) is 0 Å². The molecule has 0 saturated heterocycles. The Morgan fingerprint density at radius 1 is 1.07 bits per heavy atom. The van der Waals surface area contributed by atoms with Crippen molar-refractivity contribution in [3.8, 4) is 0 Å². The predicted octanol–water partition coefficient (Wildman–Crippen LogP) is 1.29. The van der Waals surface area contributed by atoms with Crippen LogP contribution in [-0.4, -0.2) is 6.04 Å². The summed E-state index contributed by atoms with van der Waals surface area (Å²) in [6.45, 7) is 0. The van der Waals surface area contributed by atoms with Crippen molar-refractivity contribution in [3.05, 3.63) is 60.2 Å². The summed E-state index contributed by atoms with van der Waals surface area (Å²) in [6.07, 6.45) is 7.75. The Balaban J connectivity index is 2.42. The van der Waals surface area contributed by atoms with Gasteiger partial charge in [-0.3, -0.25) is 0 Å². The molecule has 0 radical (unpaired) electrons. The van der Waals surface area contributed by atoms with E-state index in [9.17, 15) is 0 Å². The van der Waals surface area contributed by atoms with E-state index in [4.69, 9.17) is 11.5 Å². The SMILES string of the molecule is NC1C=CC=CC1(N)c1ccccc1. The van der Waals surface area contributed by atoms with Gasteiger partial charge in [0.1, 0.15) is 0 Å². The van der Waals surface area contributed by atoms with Crippen molar-refractivity contribution in [3.63, 3.8) is 0 Å². The highest BCUT2D eigenvalue weighted by atomic mass is 14.8. The normalized spacial score (nSPS) is 30.6. The van der Waals surface area contributed by atoms with Crippen LogP contribution in [-0.2, 0) is 5.54 Å². The van der Waals surface area contributed by atoms with Gasteiger partial charge < -0.3 is 11.5 Å². The van der Waals surface area contributed by atoms with Gasteiger partial charge in [-0.1, -0.05) is 54.6 Å². The molecule has 1 aliphatic rings. The maximum Gasteiger partial charge on any atom is 0.0788 e. The van der Waals surface area contributed by atoms with Crippen molar-refractivity contribution in [2.45, 2.75) is 11.6 Å². The highest BCUT2D eigenvalue weighted by molar-refractivity contribution is 5.37. The minimum Gasteiger partial charge on any atom is -0.322 e. The molecule has 4 N–H and O–H groups in total. The van der Waals surface area contributed by atoms with Gasteiger partial charge in [0.2, 0.25) is 0 Å². The second-order valence-electron chi connectivity index (χ2n) is 3.57. The average molecular weight is 186 g/mol. The fourth-order valence-corrected chi connectivity index (χ4v) is 1.68. The second kappa shape index (κ2) is 3.40. The number of hydrogen-bond donors (Lipinski definition) is 2. The molecule has 14 heavy (non-hydrogen) atoms. The molecule has 1 aromatic rings. The highest BCUT2D eigenvalue weighted by Crippen LogP contribution is 2.25. The van der Waals surface area contributed by atoms with E-state index in [-0.39, 0.29) is 6.04 Å². The third kappa shape index (κ3) is 1.39. The number of benzene rings is 1. The fraction of sp³-hybridized carbons (Fsp3) is 0.167. The van der Waals surface area contributed by atoms with Gasteiger partial charge in [0.25, 0.3) is 0 Å². The summed E-state index contributed by atoms with van der Waals surface area (Å²) in [4.78, 5) is 0. The molecule has 2 nitrogen and oxygen atoms in total. The van der Waals surface area contributed by atoms with Crippen LogP contribution in [0.4, 0.5) is 0 Å². The number of hydrogen-bond acceptors (Lipinski definition) is 2. The van der Waals surface area contributed by atoms with Crippen molar-refractivity contribution in [1.29, 1.82) is 0 Å². The van der Waals surface area contributed by atoms with E-state index in [2.05, 4.69) is 0 Å². The lowest BCUT2D eigenvalue weighted by Crippen LogP contribution is -2.50. The lowest BCUT2D eigenvalue weighted by Gasteiger charge is -2.32. The van der Waals surface area contributed by atoms with Crippen LogP contribution in [0.5, 0.6) is 0 Å². The van der Waals surface area contributed by atoms with Crippen LogP contribution in [0.3, 0.4) is 0 Å². The predicted molar refractivity (Wildman–Crippen MR) is 58.6 cm³/mol. The zero-order chi connectivity index (χ0) is 10.0. The minimum atomic E-state index is -0.560. The average Bonchev–Trinajstić information content (AvgIpc) is 2.24. The highest BCUT2D eigenvalue weighted by Gasteiger charge is 2.31. The monoisotopic (exact) mass is 186 g/mol. The lowest BCUT2D eigenvalue weighted by atomic mass is 9.81. The van der Waals surface area contributed by atoms with E-state index < -0.39 is 5.54 Å². The van der Waals surface area contributed by atoms with Crippen molar-refractivity contribution in [2.24, 2.45) is 11.5 Å². The Morgan fingerprint density at radius 2 is 1.79 bits per heavy atom. The van der Waals surface area contributed by atoms with Gasteiger partial charge in [-0.2, -0.15) is 0 Å². The minimum absolute atomic E-state index is 0.158. The number of allylic oxidation sites excluding steroid dienone is 2. The Morgan fingerprint density at radius 3 is 2.43 bits per heavy atom. The van der Waals surface area contributed by atoms with Gasteiger partial charge >= 0.3 is 0 Å². The summed E-state index contributed by atoms with van der Waals surface area (Å²) in [5, 5.41) is 0. The first-order valence-electron chi connectivity index (χ1n) is 4.69. The van der Waals surface area contributed by atoms with E-state index in [1.807, 2.05) is 54.6 Å². The smallest absolute Gasteiger partial charge is 0.0788 e. The summed E-state index contributed by atoms with van der Waals surface area (Å²) in [6, 6.07) is 9.77. The molecule has 2 heteroatoms. The third-order valence-electron chi connectivity index (χ3n) is 2.63. The molecule has 2 atom stereocenters. The van der Waals surface area contributed by atoms with Crippen molar-refractivity contribution < 1.29 is 0 Å². The van der Waals surface area contributed by atoms with E-state index in [1.54, 1.807) is 0 Å². The Bertz CT molecular complexity index is 367. The van der Waals surface area contributed by atoms with Gasteiger partial charge in [-0.25, -0.2) is 0 Å². The molecular formula is C12H14N2. The zero-order valence-corrected chi connectivity index (χ0v) is 7.93. The summed E-state index contributed by atoms with van der Waals surface area (Å²) >= 11 is 0. The van der Waals surface area contributed by atoms with Gasteiger partial charge in [-0.05, 0) is 5.56 Å². The number of nitrogens with two attached hydrogens (primary N) is 2. The Hall–Kier alpha value is -1.38. The Kier molecular flexibility index (Phi) is 2.23. The van der Waals surface area contributed by atoms with E-state index >= 15 is 0 Å². The quantitative estimate of drug-likeness (QED) is 0.694. The summed E-state index contributed by atoms with van der Waals surface area (Å²) < 4.78 is 0. The standard InChI is InChI=1S/C12H14N2/c13-11-8-4-5-9-12(11,14)10-6-2-1-3-7-10/h1-9,11H,13-14H2. The van der Waals surface area contributed by atoms with Gasteiger partial charge in [-0.15, -0.1) is 0 Å². The number of rotatable bonds is 1. The molecule has 0 amide bonds. The van der Waals surface area contributed by atoms with Gasteiger partial charge in [0, 0.05) is 6.04 Å². The summed E-state index contributed by atoms with van der Waals surface area (Å²) in [7, 11) is 0. The summed E-state index contributed by atoms with van der Waals surface area (Å²) in [5.41, 5.74) is 12.7. The lowest BCUT2D eigenvalue weighted by molar-refractivity contribution is 0.492. The molecule has 2 rings (SSSR count). The van der Waals surface area contributed by atoms with Gasteiger partial charge in [0.15, 0.2) is 0 Å². The fourth-order valence-electron chi connectivity index (χ4n) is 1.68. The van der Waals surface area contributed by atoms with Crippen molar-refractivity contribution >= 4 is 0 Å². The molecule has 0 heterocycles. The Labute approximate surface area is 83.9 Å². The maximum absolute atomic E-state index is 6.26. The van der Waals surface area contributed by atoms with E-state index in [1.165, 1.54) is 0 Å². The van der Waals surface area contributed by atoms with Crippen LogP contribution in [0.1, 0.15) is 5.56 Å². The van der Waals surface area contributed by atoms with E-state index in [0.717, 1.165) is 5.56 Å². The molecule has 1 aliphatic carbocycles. The molecular weight excluding hydrogens is 172 g/mol. The first-order valence-corrected chi connectivity index (χ1v) is 4.69. The molecule has 0 saturated carbocycles. The second-order valence-corrected chi connectivity index (χ2v) is 3.57. The first kappa shape index (κ1) is 9.19. The molecule has 2 unspecified atom stereocenters. The van der Waals surface area contributed by atoms with Crippen molar-refractivity contribution in [2.75, 3.05) is 0 Å². The maximum atomic E-state index is 6.26. The molecule has 0 bridgehead atoms. The topological polar surface area (TPSA) is 52.0 Å². The third-order valence-corrected chi connectivity index (χ3v) is 2.63. The van der Waals surface area contributed by atoms with Crippen molar-refractivity contribution in [1.82, 2.24) is 0 Å². The first-order chi connectivity index (χ1) is 6.73. The largest absolute Gasteiger partial charge is 0.322 e.